The quantitative estimate of drug-likeness (QED) is 0.181. The molecule has 0 aromatic carbocycles. The molecule has 47 heavy (non-hydrogen) atoms. The first kappa shape index (κ1) is 32.1. The first-order valence-corrected chi connectivity index (χ1v) is 17.0. The molecule has 5 aliphatic carbocycles. The summed E-state index contributed by atoms with van der Waals surface area (Å²) in [6.07, 6.45) is -7.53. The first-order valence-electron chi connectivity index (χ1n) is 17.0. The number of Topliss-reactive ketones (excluding diaryl/α,β-unsaturated/α-hetero) is 1. The maximum absolute atomic E-state index is 14.1. The maximum atomic E-state index is 14.1. The van der Waals surface area contributed by atoms with E-state index in [1.165, 1.54) is 27.7 Å². The zero-order valence-corrected chi connectivity index (χ0v) is 27.9. The average molecular weight is 663 g/mol. The Labute approximate surface area is 272 Å². The second-order valence-electron chi connectivity index (χ2n) is 16.6. The Hall–Kier alpha value is -2.16. The Kier molecular flexibility index (Phi) is 6.23. The molecule has 2 unspecified atom stereocenters. The SMILES string of the molecule is CC(=O)O[C@H]1[C@@H]2[C@H]([C@H](C)[C@H]3O[C@]34OC(=O)[C@@](C)(O)[C@]24C)[C@]2(C)[C@@H]1C1C([C@H](O)[C@@H]2OC(C)=O)[C@]2(C(C)=O)[C@H](C[C@@H]3O[C@@H]3[C@@H]2O)[C@H](C)[C@@H]1O. The smallest absolute Gasteiger partial charge is 0.341 e. The van der Waals surface area contributed by atoms with Gasteiger partial charge in [-0.05, 0) is 56.8 Å². The van der Waals surface area contributed by atoms with E-state index in [1.54, 1.807) is 6.92 Å². The Morgan fingerprint density at radius 1 is 0.872 bits per heavy atom. The van der Waals surface area contributed by atoms with Crippen molar-refractivity contribution in [3.8, 4) is 0 Å². The summed E-state index contributed by atoms with van der Waals surface area (Å²) in [5.41, 5.74) is -6.40. The zero-order valence-electron chi connectivity index (χ0n) is 27.9. The van der Waals surface area contributed by atoms with Crippen molar-refractivity contribution in [2.75, 3.05) is 0 Å². The predicted octanol–water partition coefficient (Wildman–Crippen LogP) is 0.118. The Morgan fingerprint density at radius 2 is 1.51 bits per heavy atom. The van der Waals surface area contributed by atoms with E-state index in [0.29, 0.717) is 6.42 Å². The van der Waals surface area contributed by atoms with Crippen LogP contribution >= 0.6 is 0 Å². The van der Waals surface area contributed by atoms with Crippen molar-refractivity contribution in [1.82, 2.24) is 0 Å². The second-order valence-corrected chi connectivity index (χ2v) is 16.6. The van der Waals surface area contributed by atoms with Crippen molar-refractivity contribution in [3.05, 3.63) is 0 Å². The number of hydrogen-bond acceptors (Lipinski definition) is 13. The van der Waals surface area contributed by atoms with Gasteiger partial charge in [-0.25, -0.2) is 4.79 Å². The summed E-state index contributed by atoms with van der Waals surface area (Å²) in [5, 5.41) is 49.0. The summed E-state index contributed by atoms with van der Waals surface area (Å²) in [7, 11) is 0. The standard InChI is InChI=1S/C34H46O13/c1-10-15-9-16-24(45-16)26(40)33(15,12(3)35)19-17(22(10)38)20-25(43-13(4)36)21-18(30(20,6)28(23(19)39)44-14(5)37)11(2)27-34(46-27)31(21,7)32(8,42)29(41)47-34/h10-11,15-28,38-40,42H,9H2,1-8H3/t10-,11-,15+,16-,17?,18-,19?,20+,21-,22-,23-,24-,25+,26-,27+,28-,30+,31-,32+,33-,34-/m0/s1. The highest BCUT2D eigenvalue weighted by Crippen LogP contribution is 2.81. The minimum Gasteiger partial charge on any atom is -0.462 e. The van der Waals surface area contributed by atoms with E-state index in [2.05, 4.69) is 0 Å². The van der Waals surface area contributed by atoms with Crippen LogP contribution in [0.5, 0.6) is 0 Å². The van der Waals surface area contributed by atoms with E-state index in [0.717, 1.165) is 0 Å². The fourth-order valence-electron chi connectivity index (χ4n) is 13.4. The largest absolute Gasteiger partial charge is 0.462 e. The molecule has 13 nitrogen and oxygen atoms in total. The second kappa shape index (κ2) is 9.14. The van der Waals surface area contributed by atoms with Crippen LogP contribution in [0.3, 0.4) is 0 Å². The van der Waals surface area contributed by atoms with E-state index >= 15 is 0 Å². The molecule has 21 atom stereocenters. The van der Waals surface area contributed by atoms with Gasteiger partial charge < -0.3 is 44.1 Å². The van der Waals surface area contributed by atoms with Crippen molar-refractivity contribution in [3.63, 3.8) is 0 Å². The van der Waals surface area contributed by atoms with E-state index in [9.17, 15) is 39.6 Å². The van der Waals surface area contributed by atoms with Crippen LogP contribution in [0, 0.1) is 63.6 Å². The van der Waals surface area contributed by atoms with Crippen molar-refractivity contribution < 1.29 is 63.3 Å². The Morgan fingerprint density at radius 3 is 2.11 bits per heavy atom. The molecule has 8 rings (SSSR count). The van der Waals surface area contributed by atoms with Crippen LogP contribution in [0.4, 0.5) is 0 Å². The summed E-state index contributed by atoms with van der Waals surface area (Å²) in [6, 6.07) is 0. The van der Waals surface area contributed by atoms with Crippen LogP contribution in [-0.4, -0.2) is 104 Å². The lowest BCUT2D eigenvalue weighted by atomic mass is 9.38. The van der Waals surface area contributed by atoms with Crippen LogP contribution in [0.25, 0.3) is 0 Å². The van der Waals surface area contributed by atoms with Gasteiger partial charge in [-0.3, -0.25) is 14.4 Å². The average Bonchev–Trinajstić information content (AvgIpc) is 3.87. The third-order valence-electron chi connectivity index (χ3n) is 15.2. The molecule has 5 saturated carbocycles. The predicted molar refractivity (Wildman–Crippen MR) is 155 cm³/mol. The summed E-state index contributed by atoms with van der Waals surface area (Å²) in [5.74, 6) is -9.99. The van der Waals surface area contributed by atoms with E-state index in [-0.39, 0.29) is 11.9 Å². The summed E-state index contributed by atoms with van der Waals surface area (Å²) < 4.78 is 30.2. The maximum Gasteiger partial charge on any atom is 0.341 e. The molecule has 1 spiro atoms. The van der Waals surface area contributed by atoms with E-state index in [4.69, 9.17) is 23.7 Å². The molecule has 260 valence electrons. The van der Waals surface area contributed by atoms with Gasteiger partial charge in [0.05, 0.1) is 35.2 Å². The van der Waals surface area contributed by atoms with Crippen LogP contribution in [0.1, 0.15) is 61.8 Å². The number of carbonyl (C=O) groups is 4. The summed E-state index contributed by atoms with van der Waals surface area (Å²) >= 11 is 0. The third-order valence-corrected chi connectivity index (χ3v) is 15.2. The van der Waals surface area contributed by atoms with Gasteiger partial charge >= 0.3 is 17.9 Å². The fraction of sp³-hybridized carbons (Fsp3) is 0.882. The van der Waals surface area contributed by atoms with Crippen molar-refractivity contribution >= 4 is 23.7 Å². The molecule has 8 fully saturated rings. The number of aliphatic hydroxyl groups is 4. The Balaban J connectivity index is 1.41. The van der Waals surface area contributed by atoms with Gasteiger partial charge in [0.1, 0.15) is 30.2 Å². The molecular formula is C34H46O13. The number of ether oxygens (including phenoxy) is 5. The molecule has 13 heteroatoms. The van der Waals surface area contributed by atoms with Gasteiger partial charge in [0.2, 0.25) is 5.79 Å². The number of hydrogen-bond donors (Lipinski definition) is 4. The number of rotatable bonds is 3. The number of esters is 3. The molecule has 8 aliphatic rings. The lowest BCUT2D eigenvalue weighted by molar-refractivity contribution is -0.284. The molecule has 0 radical (unpaired) electrons. The van der Waals surface area contributed by atoms with Gasteiger partial charge in [-0.1, -0.05) is 20.8 Å². The fourth-order valence-corrected chi connectivity index (χ4v) is 13.4. The van der Waals surface area contributed by atoms with E-state index in [1.807, 2.05) is 20.8 Å². The molecule has 0 amide bonds. The highest BCUT2D eigenvalue weighted by atomic mass is 16.8. The van der Waals surface area contributed by atoms with Crippen LogP contribution < -0.4 is 0 Å². The molecule has 3 saturated heterocycles. The van der Waals surface area contributed by atoms with Crippen molar-refractivity contribution in [1.29, 1.82) is 0 Å². The molecule has 0 aromatic heterocycles. The number of ketones is 1. The molecule has 3 heterocycles. The van der Waals surface area contributed by atoms with Crippen LogP contribution in [-0.2, 0) is 42.9 Å². The minimum atomic E-state index is -2.09. The monoisotopic (exact) mass is 662 g/mol. The number of fused-ring (bicyclic) bond motifs is 9. The van der Waals surface area contributed by atoms with Gasteiger partial charge in [0, 0.05) is 37.0 Å². The lowest BCUT2D eigenvalue weighted by Crippen LogP contribution is -2.75. The zero-order chi connectivity index (χ0) is 34.3. The van der Waals surface area contributed by atoms with Gasteiger partial charge in [0.15, 0.2) is 5.60 Å². The Bertz CT molecular complexity index is 1480. The number of epoxide rings is 2. The topological polar surface area (TPSA) is 202 Å². The highest BCUT2D eigenvalue weighted by molar-refractivity contribution is 5.85. The molecule has 4 N–H and O–H groups in total. The summed E-state index contributed by atoms with van der Waals surface area (Å²) in [4.78, 5) is 53.4. The summed E-state index contributed by atoms with van der Waals surface area (Å²) in [6.45, 7) is 12.5. The highest BCUT2D eigenvalue weighted by Gasteiger charge is 2.93. The first-order chi connectivity index (χ1) is 21.8. The van der Waals surface area contributed by atoms with Gasteiger partial charge in [-0.2, -0.15) is 0 Å². The molecule has 0 bridgehead atoms. The van der Waals surface area contributed by atoms with E-state index < -0.39 is 136 Å². The van der Waals surface area contributed by atoms with Gasteiger partial charge in [0.25, 0.3) is 0 Å². The van der Waals surface area contributed by atoms with Gasteiger partial charge in [-0.15, -0.1) is 0 Å². The van der Waals surface area contributed by atoms with Crippen LogP contribution in [0.15, 0.2) is 0 Å². The number of aliphatic hydroxyl groups excluding tert-OH is 3. The minimum absolute atomic E-state index is 0.280. The normalized spacial score (nSPS) is 62.3. The number of carbonyl (C=O) groups excluding carboxylic acids is 4. The third kappa shape index (κ3) is 3.24. The van der Waals surface area contributed by atoms with Crippen LogP contribution in [0.2, 0.25) is 0 Å². The molecule has 3 aliphatic heterocycles. The van der Waals surface area contributed by atoms with Crippen molar-refractivity contribution in [2.45, 2.75) is 122 Å². The van der Waals surface area contributed by atoms with Crippen molar-refractivity contribution in [2.24, 2.45) is 63.6 Å². The molecular weight excluding hydrogens is 616 g/mol. The molecule has 0 aromatic rings. The lowest BCUT2D eigenvalue weighted by Gasteiger charge is -2.66.